The molecular weight excluding hydrogens is 232 g/mol. The Bertz CT molecular complexity index is 295. The molecule has 0 heterocycles. The first-order valence-corrected chi connectivity index (χ1v) is 6.17. The number of urea groups is 1. The third kappa shape index (κ3) is 6.93. The molecule has 0 bridgehead atoms. The molecule has 0 aromatic carbocycles. The van der Waals surface area contributed by atoms with Crippen LogP contribution < -0.4 is 5.32 Å². The maximum atomic E-state index is 11.9. The van der Waals surface area contributed by atoms with Crippen molar-refractivity contribution in [3.8, 4) is 0 Å². The van der Waals surface area contributed by atoms with Gasteiger partial charge in [-0.1, -0.05) is 6.08 Å². The lowest BCUT2D eigenvalue weighted by atomic mass is 10.1. The molecule has 0 aliphatic heterocycles. The quantitative estimate of drug-likeness (QED) is 0.542. The monoisotopic (exact) mass is 256 g/mol. The summed E-state index contributed by atoms with van der Waals surface area (Å²) in [6.07, 6.45) is 3.08. The van der Waals surface area contributed by atoms with Crippen LogP contribution in [-0.4, -0.2) is 40.6 Å². The van der Waals surface area contributed by atoms with Gasteiger partial charge in [0.1, 0.15) is 0 Å². The number of aliphatic carboxylic acids is 1. The molecule has 0 atom stereocenters. The highest BCUT2D eigenvalue weighted by Crippen LogP contribution is 2.13. The molecule has 0 aliphatic carbocycles. The van der Waals surface area contributed by atoms with E-state index in [1.54, 1.807) is 11.0 Å². The predicted octanol–water partition coefficient (Wildman–Crippen LogP) is 2.24. The summed E-state index contributed by atoms with van der Waals surface area (Å²) in [4.78, 5) is 23.9. The van der Waals surface area contributed by atoms with Crippen molar-refractivity contribution in [2.75, 3.05) is 13.1 Å². The van der Waals surface area contributed by atoms with Gasteiger partial charge in [-0.25, -0.2) is 4.79 Å². The van der Waals surface area contributed by atoms with Crippen LogP contribution in [0, 0.1) is 0 Å². The molecule has 0 saturated heterocycles. The van der Waals surface area contributed by atoms with Crippen LogP contribution in [0.3, 0.4) is 0 Å². The normalized spacial score (nSPS) is 10.8. The Morgan fingerprint density at radius 2 is 1.94 bits per heavy atom. The first-order valence-electron chi connectivity index (χ1n) is 6.17. The molecule has 0 radical (unpaired) electrons. The first kappa shape index (κ1) is 16.5. The van der Waals surface area contributed by atoms with Gasteiger partial charge in [0.2, 0.25) is 0 Å². The summed E-state index contributed by atoms with van der Waals surface area (Å²) in [5.41, 5.74) is -0.265. The third-order valence-electron chi connectivity index (χ3n) is 2.46. The summed E-state index contributed by atoms with van der Waals surface area (Å²) in [6, 6.07) is -0.141. The standard InChI is InChI=1S/C13H24N2O3/c1-5-10-15(13(2,3)4)12(18)14-9-7-6-8-11(16)17/h5H,1,6-10H2,2-4H3,(H,14,18)(H,16,17). The average Bonchev–Trinajstić information content (AvgIpc) is 2.23. The molecule has 2 N–H and O–H groups in total. The Labute approximate surface area is 109 Å². The van der Waals surface area contributed by atoms with Crippen molar-refractivity contribution in [1.82, 2.24) is 10.2 Å². The highest BCUT2D eigenvalue weighted by molar-refractivity contribution is 5.75. The molecule has 0 aromatic rings. The number of carboxylic acid groups (broad SMARTS) is 1. The van der Waals surface area contributed by atoms with Crippen LogP contribution in [0.5, 0.6) is 0 Å². The SMILES string of the molecule is C=CCN(C(=O)NCCCCC(=O)O)C(C)(C)C. The number of carboxylic acids is 1. The van der Waals surface area contributed by atoms with Crippen LogP contribution in [0.4, 0.5) is 4.79 Å². The van der Waals surface area contributed by atoms with Gasteiger partial charge in [-0.05, 0) is 33.6 Å². The fourth-order valence-corrected chi connectivity index (χ4v) is 1.48. The van der Waals surface area contributed by atoms with Crippen molar-refractivity contribution in [2.45, 2.75) is 45.6 Å². The number of carbonyl (C=O) groups excluding carboxylic acids is 1. The fourth-order valence-electron chi connectivity index (χ4n) is 1.48. The maximum absolute atomic E-state index is 11.9. The topological polar surface area (TPSA) is 69.6 Å². The number of rotatable bonds is 7. The molecular formula is C13H24N2O3. The van der Waals surface area contributed by atoms with E-state index in [0.717, 1.165) is 0 Å². The summed E-state index contributed by atoms with van der Waals surface area (Å²) in [6.45, 7) is 10.5. The van der Waals surface area contributed by atoms with E-state index in [-0.39, 0.29) is 18.0 Å². The number of nitrogens with zero attached hydrogens (tertiary/aromatic N) is 1. The van der Waals surface area contributed by atoms with Crippen LogP contribution in [0.2, 0.25) is 0 Å². The highest BCUT2D eigenvalue weighted by Gasteiger charge is 2.24. The van der Waals surface area contributed by atoms with Gasteiger partial charge in [-0.15, -0.1) is 6.58 Å². The summed E-state index contributed by atoms with van der Waals surface area (Å²) < 4.78 is 0. The molecule has 0 aromatic heterocycles. The van der Waals surface area contributed by atoms with Gasteiger partial charge >= 0.3 is 12.0 Å². The lowest BCUT2D eigenvalue weighted by Gasteiger charge is -2.34. The molecule has 0 fully saturated rings. The average molecular weight is 256 g/mol. The number of amides is 2. The number of carbonyl (C=O) groups is 2. The predicted molar refractivity (Wildman–Crippen MR) is 71.5 cm³/mol. The van der Waals surface area contributed by atoms with E-state index in [2.05, 4.69) is 11.9 Å². The smallest absolute Gasteiger partial charge is 0.318 e. The van der Waals surface area contributed by atoms with Crippen LogP contribution in [-0.2, 0) is 4.79 Å². The van der Waals surface area contributed by atoms with Gasteiger partial charge in [0.05, 0.1) is 0 Å². The Morgan fingerprint density at radius 1 is 1.33 bits per heavy atom. The van der Waals surface area contributed by atoms with E-state index in [1.807, 2.05) is 20.8 Å². The van der Waals surface area contributed by atoms with Crippen molar-refractivity contribution in [2.24, 2.45) is 0 Å². The second-order valence-electron chi connectivity index (χ2n) is 5.15. The zero-order chi connectivity index (χ0) is 14.2. The molecule has 5 heteroatoms. The Hall–Kier alpha value is -1.52. The van der Waals surface area contributed by atoms with E-state index in [0.29, 0.717) is 25.9 Å². The Balaban J connectivity index is 4.04. The van der Waals surface area contributed by atoms with Gasteiger partial charge in [-0.3, -0.25) is 4.79 Å². The second-order valence-corrected chi connectivity index (χ2v) is 5.15. The van der Waals surface area contributed by atoms with Gasteiger partial charge in [0, 0.05) is 25.0 Å². The minimum absolute atomic E-state index is 0.141. The molecule has 2 amide bonds. The summed E-state index contributed by atoms with van der Waals surface area (Å²) in [7, 11) is 0. The van der Waals surface area contributed by atoms with Gasteiger partial charge in [0.25, 0.3) is 0 Å². The van der Waals surface area contributed by atoms with E-state index < -0.39 is 5.97 Å². The number of hydrogen-bond donors (Lipinski definition) is 2. The lowest BCUT2D eigenvalue weighted by molar-refractivity contribution is -0.137. The highest BCUT2D eigenvalue weighted by atomic mass is 16.4. The molecule has 0 saturated carbocycles. The molecule has 104 valence electrons. The molecule has 18 heavy (non-hydrogen) atoms. The van der Waals surface area contributed by atoms with E-state index in [9.17, 15) is 9.59 Å². The van der Waals surface area contributed by atoms with E-state index in [1.165, 1.54) is 0 Å². The maximum Gasteiger partial charge on any atom is 0.318 e. The summed E-state index contributed by atoms with van der Waals surface area (Å²) in [5, 5.41) is 11.3. The van der Waals surface area contributed by atoms with Crippen LogP contribution in [0.25, 0.3) is 0 Å². The molecule has 0 unspecified atom stereocenters. The molecule has 0 rings (SSSR count). The van der Waals surface area contributed by atoms with Crippen molar-refractivity contribution < 1.29 is 14.7 Å². The van der Waals surface area contributed by atoms with Crippen LogP contribution >= 0.6 is 0 Å². The fraction of sp³-hybridized carbons (Fsp3) is 0.692. The first-order chi connectivity index (χ1) is 8.29. The van der Waals surface area contributed by atoms with E-state index >= 15 is 0 Å². The van der Waals surface area contributed by atoms with Gasteiger partial charge in [0.15, 0.2) is 0 Å². The Kier molecular flexibility index (Phi) is 7.08. The van der Waals surface area contributed by atoms with Crippen molar-refractivity contribution in [3.05, 3.63) is 12.7 Å². The molecule has 5 nitrogen and oxygen atoms in total. The Morgan fingerprint density at radius 3 is 2.39 bits per heavy atom. The number of unbranched alkanes of at least 4 members (excludes halogenated alkanes) is 1. The minimum atomic E-state index is -0.802. The summed E-state index contributed by atoms with van der Waals surface area (Å²) >= 11 is 0. The number of hydrogen-bond acceptors (Lipinski definition) is 2. The van der Waals surface area contributed by atoms with Gasteiger partial charge in [-0.2, -0.15) is 0 Å². The number of nitrogens with one attached hydrogen (secondary N) is 1. The largest absolute Gasteiger partial charge is 0.481 e. The zero-order valence-electron chi connectivity index (χ0n) is 11.5. The zero-order valence-corrected chi connectivity index (χ0v) is 11.5. The lowest BCUT2D eigenvalue weighted by Crippen LogP contribution is -2.50. The van der Waals surface area contributed by atoms with Crippen LogP contribution in [0.15, 0.2) is 12.7 Å². The van der Waals surface area contributed by atoms with Crippen molar-refractivity contribution in [1.29, 1.82) is 0 Å². The molecule has 0 aliphatic rings. The van der Waals surface area contributed by atoms with Crippen molar-refractivity contribution in [3.63, 3.8) is 0 Å². The minimum Gasteiger partial charge on any atom is -0.481 e. The van der Waals surface area contributed by atoms with Crippen LogP contribution in [0.1, 0.15) is 40.0 Å². The van der Waals surface area contributed by atoms with Gasteiger partial charge < -0.3 is 15.3 Å². The summed E-state index contributed by atoms with van der Waals surface area (Å²) in [5.74, 6) is -0.802. The van der Waals surface area contributed by atoms with Crippen molar-refractivity contribution >= 4 is 12.0 Å². The third-order valence-corrected chi connectivity index (χ3v) is 2.46. The second kappa shape index (κ2) is 7.74. The van der Waals surface area contributed by atoms with E-state index in [4.69, 9.17) is 5.11 Å². The molecule has 0 spiro atoms.